The van der Waals surface area contributed by atoms with Crippen LogP contribution in [0.5, 0.6) is 11.5 Å². The van der Waals surface area contributed by atoms with Crippen LogP contribution in [0.25, 0.3) is 0 Å². The lowest BCUT2D eigenvalue weighted by molar-refractivity contribution is 0.173. The number of para-hydroxylation sites is 1. The van der Waals surface area contributed by atoms with Crippen LogP contribution >= 0.6 is 0 Å². The smallest absolute Gasteiger partial charge is 0.231 e. The molecule has 2 rings (SSSR count). The molecule has 1 heterocycles. The first-order chi connectivity index (χ1) is 7.42. The fourth-order valence-corrected chi connectivity index (χ4v) is 1.65. The molecule has 1 aromatic rings. The molecule has 0 fully saturated rings. The summed E-state index contributed by atoms with van der Waals surface area (Å²) in [5, 5.41) is 3.40. The van der Waals surface area contributed by atoms with Gasteiger partial charge < -0.3 is 14.8 Å². The first kappa shape index (κ1) is 10.3. The lowest BCUT2D eigenvalue weighted by Gasteiger charge is -2.06. The van der Waals surface area contributed by atoms with Crippen molar-refractivity contribution in [2.24, 2.45) is 0 Å². The second-order valence-electron chi connectivity index (χ2n) is 3.68. The van der Waals surface area contributed by atoms with Crippen molar-refractivity contribution < 1.29 is 9.47 Å². The molecule has 82 valence electrons. The molecule has 1 N–H and O–H groups in total. The van der Waals surface area contributed by atoms with E-state index in [1.165, 1.54) is 18.4 Å². The molecule has 0 unspecified atom stereocenters. The minimum Gasteiger partial charge on any atom is -0.454 e. The summed E-state index contributed by atoms with van der Waals surface area (Å²) in [6.45, 7) is 4.45. The van der Waals surface area contributed by atoms with Crippen LogP contribution in [0.1, 0.15) is 25.3 Å². The minimum atomic E-state index is 0.349. The van der Waals surface area contributed by atoms with E-state index in [2.05, 4.69) is 18.3 Å². The number of fused-ring (bicyclic) bond motifs is 1. The van der Waals surface area contributed by atoms with Gasteiger partial charge >= 0.3 is 0 Å². The third-order valence-corrected chi connectivity index (χ3v) is 2.50. The van der Waals surface area contributed by atoms with Crippen molar-refractivity contribution in [1.29, 1.82) is 0 Å². The molecule has 0 atom stereocenters. The highest BCUT2D eigenvalue weighted by molar-refractivity contribution is 5.47. The Morgan fingerprint density at radius 3 is 3.13 bits per heavy atom. The van der Waals surface area contributed by atoms with Crippen LogP contribution in [-0.2, 0) is 6.54 Å². The Morgan fingerprint density at radius 2 is 2.27 bits per heavy atom. The van der Waals surface area contributed by atoms with Crippen molar-refractivity contribution in [2.75, 3.05) is 13.3 Å². The summed E-state index contributed by atoms with van der Waals surface area (Å²) in [4.78, 5) is 0. The van der Waals surface area contributed by atoms with Gasteiger partial charge in [0.15, 0.2) is 11.5 Å². The summed E-state index contributed by atoms with van der Waals surface area (Å²) in [5.74, 6) is 1.77. The maximum absolute atomic E-state index is 5.42. The van der Waals surface area contributed by atoms with E-state index in [9.17, 15) is 0 Å². The Morgan fingerprint density at radius 1 is 1.33 bits per heavy atom. The summed E-state index contributed by atoms with van der Waals surface area (Å²) in [6.07, 6.45) is 2.44. The molecule has 15 heavy (non-hydrogen) atoms. The number of benzene rings is 1. The zero-order valence-electron chi connectivity index (χ0n) is 9.08. The number of unbranched alkanes of at least 4 members (excludes halogenated alkanes) is 1. The van der Waals surface area contributed by atoms with E-state index in [1.807, 2.05) is 12.1 Å². The Bertz CT molecular complexity index is 325. The summed E-state index contributed by atoms with van der Waals surface area (Å²) < 4.78 is 10.7. The first-order valence-electron chi connectivity index (χ1n) is 5.50. The van der Waals surface area contributed by atoms with Crippen LogP contribution in [0, 0.1) is 0 Å². The lowest BCUT2D eigenvalue weighted by atomic mass is 10.2. The lowest BCUT2D eigenvalue weighted by Crippen LogP contribution is -2.14. The monoisotopic (exact) mass is 207 g/mol. The molecule has 0 aliphatic carbocycles. The number of ether oxygens (including phenoxy) is 2. The Hall–Kier alpha value is -1.22. The van der Waals surface area contributed by atoms with E-state index in [0.717, 1.165) is 24.6 Å². The van der Waals surface area contributed by atoms with Gasteiger partial charge in [0.2, 0.25) is 6.79 Å². The summed E-state index contributed by atoms with van der Waals surface area (Å²) >= 11 is 0. The third kappa shape index (κ3) is 2.42. The van der Waals surface area contributed by atoms with Gasteiger partial charge in [0.1, 0.15) is 0 Å². The van der Waals surface area contributed by atoms with Crippen molar-refractivity contribution in [3.8, 4) is 11.5 Å². The molecule has 1 aromatic carbocycles. The molecule has 1 aliphatic rings. The van der Waals surface area contributed by atoms with Crippen molar-refractivity contribution in [1.82, 2.24) is 5.32 Å². The van der Waals surface area contributed by atoms with E-state index >= 15 is 0 Å². The molecule has 1 aliphatic heterocycles. The molecule has 0 saturated heterocycles. The second-order valence-corrected chi connectivity index (χ2v) is 3.68. The molecule has 0 saturated carbocycles. The highest BCUT2D eigenvalue weighted by atomic mass is 16.7. The second kappa shape index (κ2) is 5.03. The van der Waals surface area contributed by atoms with Gasteiger partial charge in [-0.1, -0.05) is 25.5 Å². The van der Waals surface area contributed by atoms with Crippen molar-refractivity contribution in [3.05, 3.63) is 23.8 Å². The Kier molecular flexibility index (Phi) is 3.45. The fourth-order valence-electron chi connectivity index (χ4n) is 1.65. The SMILES string of the molecule is CCCCNCc1cccc2c1OCO2. The van der Waals surface area contributed by atoms with Crippen LogP contribution in [0.15, 0.2) is 18.2 Å². The summed E-state index contributed by atoms with van der Waals surface area (Å²) in [7, 11) is 0. The number of hydrogen-bond acceptors (Lipinski definition) is 3. The fraction of sp³-hybridized carbons (Fsp3) is 0.500. The molecule has 0 spiro atoms. The average Bonchev–Trinajstić information content (AvgIpc) is 2.73. The predicted molar refractivity (Wildman–Crippen MR) is 59.2 cm³/mol. The van der Waals surface area contributed by atoms with Gasteiger partial charge in [0, 0.05) is 12.1 Å². The molecule has 3 heteroatoms. The predicted octanol–water partition coefficient (Wildman–Crippen LogP) is 2.30. The van der Waals surface area contributed by atoms with E-state index in [4.69, 9.17) is 9.47 Å². The molecular weight excluding hydrogens is 190 g/mol. The van der Waals surface area contributed by atoms with Crippen LogP contribution in [-0.4, -0.2) is 13.3 Å². The zero-order chi connectivity index (χ0) is 10.5. The van der Waals surface area contributed by atoms with Crippen LogP contribution in [0.3, 0.4) is 0 Å². The van der Waals surface area contributed by atoms with Gasteiger partial charge in [-0.25, -0.2) is 0 Å². The van der Waals surface area contributed by atoms with E-state index in [1.54, 1.807) is 0 Å². The maximum Gasteiger partial charge on any atom is 0.231 e. The number of hydrogen-bond donors (Lipinski definition) is 1. The standard InChI is InChI=1S/C12H17NO2/c1-2-3-7-13-8-10-5-4-6-11-12(10)15-9-14-11/h4-6,13H,2-3,7-9H2,1H3. The maximum atomic E-state index is 5.42. The minimum absolute atomic E-state index is 0.349. The highest BCUT2D eigenvalue weighted by Crippen LogP contribution is 2.35. The topological polar surface area (TPSA) is 30.5 Å². The van der Waals surface area contributed by atoms with Gasteiger partial charge in [-0.15, -0.1) is 0 Å². The molecular formula is C12H17NO2. The van der Waals surface area contributed by atoms with Crippen LogP contribution < -0.4 is 14.8 Å². The molecule has 0 aromatic heterocycles. The Labute approximate surface area is 90.4 Å². The average molecular weight is 207 g/mol. The van der Waals surface area contributed by atoms with Gasteiger partial charge in [0.25, 0.3) is 0 Å². The Balaban J connectivity index is 1.94. The van der Waals surface area contributed by atoms with Gasteiger partial charge in [-0.05, 0) is 19.0 Å². The molecule has 0 radical (unpaired) electrons. The van der Waals surface area contributed by atoms with Crippen LogP contribution in [0.2, 0.25) is 0 Å². The zero-order valence-corrected chi connectivity index (χ0v) is 9.08. The van der Waals surface area contributed by atoms with E-state index < -0.39 is 0 Å². The van der Waals surface area contributed by atoms with Crippen molar-refractivity contribution in [2.45, 2.75) is 26.3 Å². The van der Waals surface area contributed by atoms with Gasteiger partial charge in [-0.2, -0.15) is 0 Å². The number of rotatable bonds is 5. The largest absolute Gasteiger partial charge is 0.454 e. The summed E-state index contributed by atoms with van der Waals surface area (Å²) in [5.41, 5.74) is 1.18. The highest BCUT2D eigenvalue weighted by Gasteiger charge is 2.16. The van der Waals surface area contributed by atoms with E-state index in [0.29, 0.717) is 6.79 Å². The molecule has 0 bridgehead atoms. The summed E-state index contributed by atoms with van der Waals surface area (Å²) in [6, 6.07) is 6.02. The molecule has 0 amide bonds. The number of nitrogens with one attached hydrogen (secondary N) is 1. The quantitative estimate of drug-likeness (QED) is 0.751. The van der Waals surface area contributed by atoms with Crippen LogP contribution in [0.4, 0.5) is 0 Å². The van der Waals surface area contributed by atoms with Crippen molar-refractivity contribution in [3.63, 3.8) is 0 Å². The first-order valence-corrected chi connectivity index (χ1v) is 5.50. The van der Waals surface area contributed by atoms with Crippen molar-refractivity contribution >= 4 is 0 Å². The third-order valence-electron chi connectivity index (χ3n) is 2.50. The van der Waals surface area contributed by atoms with E-state index in [-0.39, 0.29) is 0 Å². The normalized spacial score (nSPS) is 13.1. The molecule has 3 nitrogen and oxygen atoms in total. The van der Waals surface area contributed by atoms with Gasteiger partial charge in [0.05, 0.1) is 0 Å². The van der Waals surface area contributed by atoms with Gasteiger partial charge in [-0.3, -0.25) is 0 Å².